The van der Waals surface area contributed by atoms with E-state index in [1.807, 2.05) is 0 Å². The van der Waals surface area contributed by atoms with E-state index in [1.165, 1.54) is 34.9 Å². The number of fused-ring (bicyclic) bond motifs is 1. The number of carbonyl (C=O) groups is 1. The van der Waals surface area contributed by atoms with E-state index >= 15 is 0 Å². The van der Waals surface area contributed by atoms with Crippen molar-refractivity contribution in [1.82, 2.24) is 14.1 Å². The summed E-state index contributed by atoms with van der Waals surface area (Å²) in [6, 6.07) is 9.15. The number of benzene rings is 1. The third-order valence-corrected chi connectivity index (χ3v) is 5.29. The number of pyridine rings is 1. The number of halogens is 3. The Morgan fingerprint density at radius 3 is 2.59 bits per heavy atom. The molecule has 0 aliphatic carbocycles. The van der Waals surface area contributed by atoms with Gasteiger partial charge < -0.3 is 14.8 Å². The lowest BCUT2D eigenvalue weighted by atomic mass is 10.1. The number of alkyl halides is 3. The van der Waals surface area contributed by atoms with Crippen LogP contribution in [0.2, 0.25) is 0 Å². The summed E-state index contributed by atoms with van der Waals surface area (Å²) in [6.45, 7) is -0.469. The number of hydrogen-bond acceptors (Lipinski definition) is 5. The van der Waals surface area contributed by atoms with E-state index in [9.17, 15) is 26.4 Å². The first-order valence-electron chi connectivity index (χ1n) is 8.18. The molecule has 2 aromatic heterocycles. The molecule has 0 unspecified atom stereocenters. The van der Waals surface area contributed by atoms with Crippen LogP contribution in [0, 0.1) is 0 Å². The fourth-order valence-electron chi connectivity index (χ4n) is 2.52. The van der Waals surface area contributed by atoms with Gasteiger partial charge in [-0.3, -0.25) is 4.79 Å². The van der Waals surface area contributed by atoms with Crippen molar-refractivity contribution in [2.45, 2.75) is 11.1 Å². The van der Waals surface area contributed by atoms with Crippen molar-refractivity contribution in [3.63, 3.8) is 0 Å². The predicted octanol–water partition coefficient (Wildman–Crippen LogP) is 1.77. The molecule has 154 valence electrons. The Morgan fingerprint density at radius 1 is 1.14 bits per heavy atom. The first kappa shape index (κ1) is 20.8. The van der Waals surface area contributed by atoms with Crippen LogP contribution in [-0.4, -0.2) is 48.1 Å². The molecule has 3 N–H and O–H groups in total. The molecule has 3 aromatic rings. The van der Waals surface area contributed by atoms with Crippen LogP contribution in [-0.2, 0) is 14.8 Å². The molecule has 0 radical (unpaired) electrons. The summed E-state index contributed by atoms with van der Waals surface area (Å²) >= 11 is 0. The number of nitrogens with one attached hydrogen (secondary N) is 2. The zero-order chi connectivity index (χ0) is 21.2. The molecule has 1 amide bonds. The molecule has 0 fully saturated rings. The van der Waals surface area contributed by atoms with E-state index in [-0.39, 0.29) is 23.9 Å². The van der Waals surface area contributed by atoms with Crippen molar-refractivity contribution in [2.24, 2.45) is 0 Å². The maximum Gasteiger partial charge on any atom is 0.471 e. The second kappa shape index (κ2) is 7.81. The number of anilines is 1. The minimum Gasteiger partial charge on any atom is -0.395 e. The summed E-state index contributed by atoms with van der Waals surface area (Å²) in [5.74, 6) is -2.40. The third kappa shape index (κ3) is 4.72. The van der Waals surface area contributed by atoms with Gasteiger partial charge in [-0.15, -0.1) is 0 Å². The fourth-order valence-corrected chi connectivity index (χ4v) is 3.58. The first-order chi connectivity index (χ1) is 13.6. The summed E-state index contributed by atoms with van der Waals surface area (Å²) in [4.78, 5) is 14.9. The van der Waals surface area contributed by atoms with Gasteiger partial charge in [-0.25, -0.2) is 18.1 Å². The van der Waals surface area contributed by atoms with Gasteiger partial charge in [-0.05, 0) is 35.4 Å². The Bertz CT molecular complexity index is 1160. The zero-order valence-corrected chi connectivity index (χ0v) is 15.5. The second-order valence-corrected chi connectivity index (χ2v) is 7.68. The quantitative estimate of drug-likeness (QED) is 0.554. The smallest absolute Gasteiger partial charge is 0.395 e. The van der Waals surface area contributed by atoms with E-state index in [0.29, 0.717) is 16.8 Å². The summed E-state index contributed by atoms with van der Waals surface area (Å²) in [7, 11) is -3.80. The highest BCUT2D eigenvalue weighted by Gasteiger charge is 2.39. The largest absolute Gasteiger partial charge is 0.471 e. The second-order valence-electron chi connectivity index (χ2n) is 5.91. The molecule has 0 saturated carbocycles. The molecule has 0 spiro atoms. The standard InChI is InChI=1S/C17H15F3N4O4S/c18-17(19,20)16(26)23-14-10-24-9-12(4-5-15(24)22-14)11-2-1-3-13(8-11)29(27,28)21-6-7-25/h1-5,8-10,21,25H,6-7H2,(H,23,26). The minimum absolute atomic E-state index is 0.00712. The molecular weight excluding hydrogens is 413 g/mol. The van der Waals surface area contributed by atoms with E-state index < -0.39 is 22.1 Å². The number of amides is 1. The lowest BCUT2D eigenvalue weighted by molar-refractivity contribution is -0.167. The highest BCUT2D eigenvalue weighted by atomic mass is 32.2. The van der Waals surface area contributed by atoms with Gasteiger partial charge in [0.05, 0.1) is 17.7 Å². The number of aliphatic hydroxyl groups is 1. The summed E-state index contributed by atoms with van der Waals surface area (Å²) in [6.07, 6.45) is -2.28. The first-order valence-corrected chi connectivity index (χ1v) is 9.66. The molecule has 12 heteroatoms. The van der Waals surface area contributed by atoms with Crippen molar-refractivity contribution in [3.05, 3.63) is 48.8 Å². The number of carbonyl (C=O) groups excluding carboxylic acids is 1. The van der Waals surface area contributed by atoms with E-state index in [2.05, 4.69) is 9.71 Å². The number of aliphatic hydroxyl groups excluding tert-OH is 1. The lowest BCUT2D eigenvalue weighted by Crippen LogP contribution is -2.30. The summed E-state index contributed by atoms with van der Waals surface area (Å²) in [5.41, 5.74) is 1.40. The summed E-state index contributed by atoms with van der Waals surface area (Å²) in [5, 5.41) is 10.5. The number of imidazole rings is 1. The van der Waals surface area contributed by atoms with Crippen molar-refractivity contribution in [3.8, 4) is 11.1 Å². The van der Waals surface area contributed by atoms with Crippen LogP contribution in [0.4, 0.5) is 19.0 Å². The molecule has 3 rings (SSSR count). The van der Waals surface area contributed by atoms with Gasteiger partial charge in [-0.1, -0.05) is 12.1 Å². The molecule has 0 aliphatic heterocycles. The highest BCUT2D eigenvalue weighted by Crippen LogP contribution is 2.24. The average molecular weight is 428 g/mol. The molecule has 1 aromatic carbocycles. The van der Waals surface area contributed by atoms with Crippen molar-refractivity contribution >= 4 is 27.4 Å². The van der Waals surface area contributed by atoms with Crippen LogP contribution in [0.5, 0.6) is 0 Å². The molecular formula is C17H15F3N4O4S. The molecule has 8 nitrogen and oxygen atoms in total. The van der Waals surface area contributed by atoms with Crippen molar-refractivity contribution in [2.75, 3.05) is 18.5 Å². The number of sulfonamides is 1. The van der Waals surface area contributed by atoms with Crippen LogP contribution >= 0.6 is 0 Å². The molecule has 0 saturated heterocycles. The van der Waals surface area contributed by atoms with Crippen molar-refractivity contribution in [1.29, 1.82) is 0 Å². The van der Waals surface area contributed by atoms with Gasteiger partial charge in [-0.2, -0.15) is 13.2 Å². The van der Waals surface area contributed by atoms with Gasteiger partial charge in [0.15, 0.2) is 5.82 Å². The molecule has 0 aliphatic rings. The van der Waals surface area contributed by atoms with Crippen LogP contribution in [0.1, 0.15) is 0 Å². The van der Waals surface area contributed by atoms with Gasteiger partial charge in [0.25, 0.3) is 0 Å². The predicted molar refractivity (Wildman–Crippen MR) is 97.6 cm³/mol. The zero-order valence-electron chi connectivity index (χ0n) is 14.6. The minimum atomic E-state index is -5.03. The van der Waals surface area contributed by atoms with E-state index in [4.69, 9.17) is 5.11 Å². The van der Waals surface area contributed by atoms with E-state index in [0.717, 1.165) is 0 Å². The van der Waals surface area contributed by atoms with Crippen molar-refractivity contribution < 1.29 is 31.5 Å². The van der Waals surface area contributed by atoms with Crippen LogP contribution < -0.4 is 10.0 Å². The highest BCUT2D eigenvalue weighted by molar-refractivity contribution is 7.89. The van der Waals surface area contributed by atoms with Crippen LogP contribution in [0.3, 0.4) is 0 Å². The maximum atomic E-state index is 12.4. The van der Waals surface area contributed by atoms with Gasteiger partial charge in [0.1, 0.15) is 5.65 Å². The Balaban J connectivity index is 1.91. The van der Waals surface area contributed by atoms with E-state index in [1.54, 1.807) is 23.6 Å². The topological polar surface area (TPSA) is 113 Å². The molecule has 0 bridgehead atoms. The molecule has 0 atom stereocenters. The maximum absolute atomic E-state index is 12.4. The number of aromatic nitrogens is 2. The Labute approximate surface area is 163 Å². The Hall–Kier alpha value is -2.96. The molecule has 29 heavy (non-hydrogen) atoms. The lowest BCUT2D eigenvalue weighted by Gasteiger charge is -2.08. The third-order valence-electron chi connectivity index (χ3n) is 3.83. The number of hydrogen-bond donors (Lipinski definition) is 3. The molecule has 2 heterocycles. The fraction of sp³-hybridized carbons (Fsp3) is 0.176. The number of rotatable bonds is 6. The summed E-state index contributed by atoms with van der Waals surface area (Å²) < 4.78 is 65.2. The van der Waals surface area contributed by atoms with Crippen LogP contribution in [0.15, 0.2) is 53.7 Å². The van der Waals surface area contributed by atoms with Gasteiger partial charge in [0.2, 0.25) is 10.0 Å². The SMILES string of the molecule is O=C(Nc1cn2cc(-c3cccc(S(=O)(=O)NCCO)c3)ccc2n1)C(F)(F)F. The Kier molecular flexibility index (Phi) is 5.59. The Morgan fingerprint density at radius 2 is 1.90 bits per heavy atom. The average Bonchev–Trinajstić information content (AvgIpc) is 3.07. The monoisotopic (exact) mass is 428 g/mol. The van der Waals surface area contributed by atoms with Crippen LogP contribution in [0.25, 0.3) is 16.8 Å². The number of nitrogens with zero attached hydrogens (tertiary/aromatic N) is 2. The van der Waals surface area contributed by atoms with Gasteiger partial charge >= 0.3 is 12.1 Å². The normalized spacial score (nSPS) is 12.3. The van der Waals surface area contributed by atoms with Gasteiger partial charge in [0, 0.05) is 12.7 Å².